The van der Waals surface area contributed by atoms with Gasteiger partial charge in [-0.15, -0.1) is 11.8 Å². The van der Waals surface area contributed by atoms with Crippen molar-refractivity contribution in [2.24, 2.45) is 5.41 Å². The second-order valence-electron chi connectivity index (χ2n) is 12.0. The minimum Gasteiger partial charge on any atom is -0.497 e. The summed E-state index contributed by atoms with van der Waals surface area (Å²) in [5.74, 6) is -2.57. The van der Waals surface area contributed by atoms with Gasteiger partial charge in [0.25, 0.3) is 0 Å². The largest absolute Gasteiger partial charge is 0.497 e. The van der Waals surface area contributed by atoms with E-state index in [-0.39, 0.29) is 11.3 Å². The van der Waals surface area contributed by atoms with Crippen molar-refractivity contribution in [1.82, 2.24) is 14.8 Å². The van der Waals surface area contributed by atoms with E-state index in [1.54, 1.807) is 7.11 Å². The van der Waals surface area contributed by atoms with Gasteiger partial charge in [-0.25, -0.2) is 13.2 Å². The Morgan fingerprint density at radius 3 is 2.47 bits per heavy atom. The van der Waals surface area contributed by atoms with Crippen LogP contribution < -0.4 is 4.74 Å². The quantitative estimate of drug-likeness (QED) is 0.228. The number of methoxy groups -OCH3 is 1. The zero-order chi connectivity index (χ0) is 32.0. The van der Waals surface area contributed by atoms with Crippen molar-refractivity contribution < 1.29 is 37.7 Å². The first-order chi connectivity index (χ1) is 21.7. The Hall–Kier alpha value is -2.90. The fourth-order valence-corrected chi connectivity index (χ4v) is 7.45. The van der Waals surface area contributed by atoms with Gasteiger partial charge in [0.1, 0.15) is 23.2 Å². The molecule has 0 unspecified atom stereocenters. The maximum absolute atomic E-state index is 14.0. The van der Waals surface area contributed by atoms with Gasteiger partial charge >= 0.3 is 5.97 Å². The maximum atomic E-state index is 14.0. The second kappa shape index (κ2) is 15.1. The first kappa shape index (κ1) is 33.5. The lowest BCUT2D eigenvalue weighted by Crippen LogP contribution is -2.42. The van der Waals surface area contributed by atoms with Gasteiger partial charge in [0.15, 0.2) is 0 Å². The Morgan fingerprint density at radius 2 is 1.80 bits per heavy atom. The number of thioether (sulfide) groups is 1. The second-order valence-corrected chi connectivity index (χ2v) is 13.1. The highest BCUT2D eigenvalue weighted by molar-refractivity contribution is 7.99. The van der Waals surface area contributed by atoms with Crippen LogP contribution in [-0.4, -0.2) is 89.8 Å². The number of pyridine rings is 1. The van der Waals surface area contributed by atoms with E-state index >= 15 is 0 Å². The minimum absolute atomic E-state index is 0.000136. The molecule has 0 amide bonds. The van der Waals surface area contributed by atoms with Crippen LogP contribution in [0.4, 0.5) is 13.2 Å². The summed E-state index contributed by atoms with van der Waals surface area (Å²) in [6.07, 6.45) is 3.16. The van der Waals surface area contributed by atoms with E-state index in [9.17, 15) is 28.2 Å². The van der Waals surface area contributed by atoms with Crippen molar-refractivity contribution in [1.29, 1.82) is 0 Å². The third kappa shape index (κ3) is 8.48. The van der Waals surface area contributed by atoms with E-state index in [0.717, 1.165) is 46.9 Å². The van der Waals surface area contributed by atoms with Gasteiger partial charge in [-0.2, -0.15) is 0 Å². The first-order valence-electron chi connectivity index (χ1n) is 15.3. The van der Waals surface area contributed by atoms with Gasteiger partial charge in [0.05, 0.1) is 43.3 Å². The van der Waals surface area contributed by atoms with Gasteiger partial charge in [0.2, 0.25) is 0 Å². The van der Waals surface area contributed by atoms with E-state index in [2.05, 4.69) is 14.8 Å². The molecular weight excluding hydrogens is 607 g/mol. The molecule has 2 N–H and O–H groups in total. The summed E-state index contributed by atoms with van der Waals surface area (Å²) < 4.78 is 52.3. The van der Waals surface area contributed by atoms with Crippen molar-refractivity contribution in [3.63, 3.8) is 0 Å². The number of halogens is 3. The normalized spacial score (nSPS) is 18.2. The molecule has 0 aliphatic carbocycles. The molecule has 0 spiro atoms. The SMILES string of the molecule is COc1ccc2ncc(CN3CCOCC3)c([C@@H](O)CCC3(CC(=O)O)CCN(CCSc4c(F)cc(F)cc4F)CC3)c2c1. The number of nitrogens with zero attached hydrogens (tertiary/aromatic N) is 3. The van der Waals surface area contributed by atoms with Crippen LogP contribution in [0.25, 0.3) is 10.9 Å². The molecule has 244 valence electrons. The van der Waals surface area contributed by atoms with E-state index in [1.165, 1.54) is 0 Å². The van der Waals surface area contributed by atoms with E-state index in [1.807, 2.05) is 24.4 Å². The van der Waals surface area contributed by atoms with Crippen LogP contribution >= 0.6 is 11.8 Å². The third-order valence-corrected chi connectivity index (χ3v) is 10.1. The molecule has 2 aromatic carbocycles. The number of hydrogen-bond acceptors (Lipinski definition) is 8. The summed E-state index contributed by atoms with van der Waals surface area (Å²) in [6, 6.07) is 6.97. The molecular formula is C33H40F3N3O5S. The number of ether oxygens (including phenoxy) is 2. The van der Waals surface area contributed by atoms with Gasteiger partial charge < -0.3 is 24.6 Å². The number of aromatic nitrogens is 1. The molecule has 12 heteroatoms. The summed E-state index contributed by atoms with van der Waals surface area (Å²) >= 11 is 1.01. The van der Waals surface area contributed by atoms with Gasteiger partial charge in [-0.1, -0.05) is 0 Å². The average Bonchev–Trinajstić information content (AvgIpc) is 3.02. The number of aliphatic carboxylic acids is 1. The van der Waals surface area contributed by atoms with Crippen LogP contribution in [0.5, 0.6) is 5.75 Å². The number of aliphatic hydroxyl groups excluding tert-OH is 1. The molecule has 1 atom stereocenters. The summed E-state index contributed by atoms with van der Waals surface area (Å²) in [5.41, 5.74) is 1.99. The number of morpholine rings is 1. The van der Waals surface area contributed by atoms with E-state index in [4.69, 9.17) is 9.47 Å². The maximum Gasteiger partial charge on any atom is 0.303 e. The minimum atomic E-state index is -0.949. The Kier molecular flexibility index (Phi) is 11.2. The smallest absolute Gasteiger partial charge is 0.303 e. The predicted octanol–water partition coefficient (Wildman–Crippen LogP) is 5.66. The van der Waals surface area contributed by atoms with Gasteiger partial charge in [-0.05, 0) is 73.5 Å². The number of fused-ring (bicyclic) bond motifs is 1. The molecule has 2 saturated heterocycles. The molecule has 2 aliphatic heterocycles. The highest BCUT2D eigenvalue weighted by atomic mass is 32.2. The number of carbonyl (C=O) groups is 1. The van der Waals surface area contributed by atoms with Gasteiger partial charge in [0, 0.05) is 55.6 Å². The Labute approximate surface area is 265 Å². The molecule has 0 saturated carbocycles. The zero-order valence-electron chi connectivity index (χ0n) is 25.4. The zero-order valence-corrected chi connectivity index (χ0v) is 26.3. The lowest BCUT2D eigenvalue weighted by molar-refractivity contribution is -0.141. The predicted molar refractivity (Wildman–Crippen MR) is 166 cm³/mol. The van der Waals surface area contributed by atoms with Crippen molar-refractivity contribution in [3.8, 4) is 5.75 Å². The number of carboxylic acid groups (broad SMARTS) is 1. The molecule has 45 heavy (non-hydrogen) atoms. The molecule has 3 heterocycles. The first-order valence-corrected chi connectivity index (χ1v) is 16.3. The molecule has 2 fully saturated rings. The Bertz CT molecular complexity index is 1460. The summed E-state index contributed by atoms with van der Waals surface area (Å²) in [4.78, 5) is 20.9. The van der Waals surface area contributed by atoms with Crippen molar-refractivity contribution in [3.05, 3.63) is 65.1 Å². The Morgan fingerprint density at radius 1 is 1.09 bits per heavy atom. The molecule has 0 bridgehead atoms. The molecule has 1 aromatic heterocycles. The number of likely N-dealkylation sites (tertiary alicyclic amines) is 1. The fraction of sp³-hybridized carbons (Fsp3) is 0.515. The van der Waals surface area contributed by atoms with Crippen molar-refractivity contribution in [2.75, 3.05) is 58.8 Å². The van der Waals surface area contributed by atoms with E-state index in [0.29, 0.717) is 88.7 Å². The number of piperidine rings is 1. The highest BCUT2D eigenvalue weighted by Crippen LogP contribution is 2.43. The lowest BCUT2D eigenvalue weighted by atomic mass is 9.71. The summed E-state index contributed by atoms with van der Waals surface area (Å²) in [6.45, 7) is 5.33. The molecule has 8 nitrogen and oxygen atoms in total. The molecule has 3 aromatic rings. The third-order valence-electron chi connectivity index (χ3n) is 9.04. The molecule has 2 aliphatic rings. The number of rotatable bonds is 13. The van der Waals surface area contributed by atoms with Crippen LogP contribution in [0.3, 0.4) is 0 Å². The topological polar surface area (TPSA) is 95.4 Å². The van der Waals surface area contributed by atoms with Crippen LogP contribution in [-0.2, 0) is 16.1 Å². The molecule has 0 radical (unpaired) electrons. The summed E-state index contributed by atoms with van der Waals surface area (Å²) in [7, 11) is 1.60. The van der Waals surface area contributed by atoms with Crippen LogP contribution in [0, 0.1) is 22.9 Å². The number of carboxylic acids is 1. The van der Waals surface area contributed by atoms with Gasteiger partial charge in [-0.3, -0.25) is 14.7 Å². The standard InChI is InChI=1S/C33H40F3N3O5S/c1-43-24-2-3-28-25(18-24)31(22(20-37-28)21-39-10-13-44-14-11-39)29(40)4-5-33(19-30(41)42)6-8-38(9-7-33)12-15-45-32-26(35)16-23(34)17-27(32)36/h2-3,16-18,20,29,40H,4-15,19,21H2,1H3,(H,41,42)/t29-/m0/s1. The number of hydrogen-bond donors (Lipinski definition) is 2. The number of benzene rings is 2. The van der Waals surface area contributed by atoms with Crippen molar-refractivity contribution >= 4 is 28.6 Å². The Balaban J connectivity index is 1.27. The fourth-order valence-electron chi connectivity index (χ4n) is 6.50. The lowest BCUT2D eigenvalue weighted by Gasteiger charge is -2.41. The van der Waals surface area contributed by atoms with Crippen LogP contribution in [0.1, 0.15) is 49.3 Å². The van der Waals surface area contributed by atoms with Crippen LogP contribution in [0.2, 0.25) is 0 Å². The molecule has 5 rings (SSSR count). The average molecular weight is 648 g/mol. The number of aliphatic hydroxyl groups is 1. The van der Waals surface area contributed by atoms with Crippen LogP contribution in [0.15, 0.2) is 41.4 Å². The highest BCUT2D eigenvalue weighted by Gasteiger charge is 2.37. The van der Waals surface area contributed by atoms with E-state index < -0.39 is 34.9 Å². The summed E-state index contributed by atoms with van der Waals surface area (Å²) in [5, 5.41) is 22.4. The van der Waals surface area contributed by atoms with Crippen molar-refractivity contribution in [2.45, 2.75) is 49.6 Å². The monoisotopic (exact) mass is 647 g/mol.